The molecule has 4 nitrogen and oxygen atoms in total. The van der Waals surface area contributed by atoms with Gasteiger partial charge in [0, 0.05) is 45.9 Å². The number of hydrogen-bond donors (Lipinski definition) is 1. The summed E-state index contributed by atoms with van der Waals surface area (Å²) in [5, 5.41) is 3.72. The largest absolute Gasteiger partial charge is 0.382 e. The molecule has 0 amide bonds. The van der Waals surface area contributed by atoms with E-state index >= 15 is 0 Å². The van der Waals surface area contributed by atoms with Crippen LogP contribution in [0.5, 0.6) is 0 Å². The van der Waals surface area contributed by atoms with Crippen molar-refractivity contribution in [2.24, 2.45) is 11.8 Å². The molecule has 3 atom stereocenters. The van der Waals surface area contributed by atoms with E-state index in [4.69, 9.17) is 9.47 Å². The Morgan fingerprint density at radius 2 is 1.90 bits per heavy atom. The second-order valence-corrected chi connectivity index (χ2v) is 6.81. The molecule has 1 aliphatic heterocycles. The quantitative estimate of drug-likeness (QED) is 0.740. The van der Waals surface area contributed by atoms with Crippen LogP contribution >= 0.6 is 0 Å². The van der Waals surface area contributed by atoms with Gasteiger partial charge in [-0.05, 0) is 18.3 Å². The van der Waals surface area contributed by atoms with E-state index in [9.17, 15) is 0 Å². The molecular weight excluding hydrogens is 252 g/mol. The van der Waals surface area contributed by atoms with Crippen LogP contribution in [0.25, 0.3) is 0 Å². The van der Waals surface area contributed by atoms with Crippen molar-refractivity contribution in [1.29, 1.82) is 0 Å². The lowest BCUT2D eigenvalue weighted by Crippen LogP contribution is -2.60. The van der Waals surface area contributed by atoms with Gasteiger partial charge in [-0.1, -0.05) is 27.7 Å². The third kappa shape index (κ3) is 5.68. The van der Waals surface area contributed by atoms with Gasteiger partial charge in [-0.15, -0.1) is 0 Å². The van der Waals surface area contributed by atoms with Crippen LogP contribution in [0.1, 0.15) is 34.1 Å². The van der Waals surface area contributed by atoms with Gasteiger partial charge in [-0.3, -0.25) is 4.90 Å². The van der Waals surface area contributed by atoms with E-state index in [-0.39, 0.29) is 6.10 Å². The second-order valence-electron chi connectivity index (χ2n) is 6.81. The highest BCUT2D eigenvalue weighted by Gasteiger charge is 2.31. The SMILES string of the molecule is COCC(CN1CC(CC(C)C)NCC1C(C)C)OC. The molecule has 0 saturated carbocycles. The van der Waals surface area contributed by atoms with Crippen LogP contribution < -0.4 is 5.32 Å². The molecule has 0 spiro atoms. The molecule has 1 rings (SSSR count). The zero-order chi connectivity index (χ0) is 15.1. The molecule has 4 heteroatoms. The Balaban J connectivity index is 2.62. The van der Waals surface area contributed by atoms with Crippen molar-refractivity contribution in [3.05, 3.63) is 0 Å². The van der Waals surface area contributed by atoms with Gasteiger partial charge in [0.25, 0.3) is 0 Å². The van der Waals surface area contributed by atoms with Gasteiger partial charge in [0.2, 0.25) is 0 Å². The molecule has 0 aromatic heterocycles. The van der Waals surface area contributed by atoms with Crippen LogP contribution in [-0.2, 0) is 9.47 Å². The maximum atomic E-state index is 5.55. The van der Waals surface area contributed by atoms with E-state index in [0.717, 1.165) is 25.6 Å². The van der Waals surface area contributed by atoms with Crippen LogP contribution in [0.4, 0.5) is 0 Å². The van der Waals surface area contributed by atoms with Crippen molar-refractivity contribution in [2.45, 2.75) is 52.3 Å². The molecule has 1 saturated heterocycles. The van der Waals surface area contributed by atoms with Crippen LogP contribution in [-0.4, -0.2) is 63.5 Å². The third-order valence-corrected chi connectivity index (χ3v) is 4.19. The van der Waals surface area contributed by atoms with Crippen LogP contribution in [0.2, 0.25) is 0 Å². The van der Waals surface area contributed by atoms with Gasteiger partial charge in [0.05, 0.1) is 12.7 Å². The first-order chi connectivity index (χ1) is 9.47. The minimum atomic E-state index is 0.166. The highest BCUT2D eigenvalue weighted by Crippen LogP contribution is 2.19. The molecule has 0 radical (unpaired) electrons. The van der Waals surface area contributed by atoms with Gasteiger partial charge in [-0.25, -0.2) is 0 Å². The van der Waals surface area contributed by atoms with Crippen LogP contribution in [0.15, 0.2) is 0 Å². The summed E-state index contributed by atoms with van der Waals surface area (Å²) in [6, 6.07) is 1.19. The number of piperazine rings is 1. The first-order valence-corrected chi connectivity index (χ1v) is 7.97. The number of nitrogens with zero attached hydrogens (tertiary/aromatic N) is 1. The molecule has 3 unspecified atom stereocenters. The topological polar surface area (TPSA) is 33.7 Å². The van der Waals surface area contributed by atoms with Crippen molar-refractivity contribution in [2.75, 3.05) is 40.5 Å². The number of rotatable bonds is 8. The fourth-order valence-corrected chi connectivity index (χ4v) is 3.14. The monoisotopic (exact) mass is 286 g/mol. The van der Waals surface area contributed by atoms with Gasteiger partial charge < -0.3 is 14.8 Å². The summed E-state index contributed by atoms with van der Waals surface area (Å²) in [5.41, 5.74) is 0. The van der Waals surface area contributed by atoms with E-state index < -0.39 is 0 Å². The number of methoxy groups -OCH3 is 2. The molecule has 0 aliphatic carbocycles. The first-order valence-electron chi connectivity index (χ1n) is 7.97. The van der Waals surface area contributed by atoms with Gasteiger partial charge in [0.15, 0.2) is 0 Å². The zero-order valence-electron chi connectivity index (χ0n) is 14.2. The van der Waals surface area contributed by atoms with E-state index in [1.165, 1.54) is 6.42 Å². The maximum Gasteiger partial charge on any atom is 0.0931 e. The highest BCUT2D eigenvalue weighted by atomic mass is 16.5. The van der Waals surface area contributed by atoms with Crippen molar-refractivity contribution in [3.63, 3.8) is 0 Å². The van der Waals surface area contributed by atoms with Gasteiger partial charge in [-0.2, -0.15) is 0 Å². The van der Waals surface area contributed by atoms with Gasteiger partial charge in [0.1, 0.15) is 0 Å². The standard InChI is InChI=1S/C16H34N2O2/c1-12(2)7-14-9-18(10-15(20-6)11-19-5)16(8-17-14)13(3)4/h12-17H,7-11H2,1-6H3. The first kappa shape index (κ1) is 17.9. The van der Waals surface area contributed by atoms with Gasteiger partial charge >= 0.3 is 0 Å². The smallest absolute Gasteiger partial charge is 0.0931 e. The number of hydrogen-bond acceptors (Lipinski definition) is 4. The summed E-state index contributed by atoms with van der Waals surface area (Å²) in [6.07, 6.45) is 1.41. The fraction of sp³-hybridized carbons (Fsp3) is 1.00. The normalized spacial score (nSPS) is 26.4. The average molecular weight is 286 g/mol. The minimum absolute atomic E-state index is 0.166. The van der Waals surface area contributed by atoms with Crippen LogP contribution in [0, 0.1) is 11.8 Å². The minimum Gasteiger partial charge on any atom is -0.382 e. The summed E-state index contributed by atoms with van der Waals surface area (Å²) < 4.78 is 10.8. The third-order valence-electron chi connectivity index (χ3n) is 4.19. The van der Waals surface area contributed by atoms with Crippen molar-refractivity contribution >= 4 is 0 Å². The molecule has 1 N–H and O–H groups in total. The maximum absolute atomic E-state index is 5.55. The highest BCUT2D eigenvalue weighted by molar-refractivity contribution is 4.89. The van der Waals surface area contributed by atoms with E-state index in [1.54, 1.807) is 14.2 Å². The Bertz CT molecular complexity index is 259. The molecule has 1 fully saturated rings. The molecule has 120 valence electrons. The summed E-state index contributed by atoms with van der Waals surface area (Å²) in [6.45, 7) is 13.0. The average Bonchev–Trinajstić information content (AvgIpc) is 2.37. The summed E-state index contributed by atoms with van der Waals surface area (Å²) in [7, 11) is 3.52. The Morgan fingerprint density at radius 3 is 2.40 bits per heavy atom. The second kappa shape index (κ2) is 8.98. The Morgan fingerprint density at radius 1 is 1.20 bits per heavy atom. The molecule has 1 heterocycles. The molecule has 0 bridgehead atoms. The lowest BCUT2D eigenvalue weighted by Gasteiger charge is -2.44. The molecular formula is C16H34N2O2. The Kier molecular flexibility index (Phi) is 8.03. The number of nitrogens with one attached hydrogen (secondary N) is 1. The predicted molar refractivity (Wildman–Crippen MR) is 84.1 cm³/mol. The Labute approximate surface area is 125 Å². The number of ether oxygens (including phenoxy) is 2. The molecule has 0 aromatic carbocycles. The fourth-order valence-electron chi connectivity index (χ4n) is 3.14. The molecule has 20 heavy (non-hydrogen) atoms. The van der Waals surface area contributed by atoms with E-state index in [0.29, 0.717) is 24.6 Å². The van der Waals surface area contributed by atoms with E-state index in [1.807, 2.05) is 0 Å². The summed E-state index contributed by atoms with van der Waals surface area (Å²) in [4.78, 5) is 2.60. The van der Waals surface area contributed by atoms with Crippen molar-refractivity contribution < 1.29 is 9.47 Å². The lowest BCUT2D eigenvalue weighted by atomic mass is 9.94. The summed E-state index contributed by atoms with van der Waals surface area (Å²) in [5.74, 6) is 1.39. The predicted octanol–water partition coefficient (Wildman–Crippen LogP) is 1.99. The van der Waals surface area contributed by atoms with Crippen molar-refractivity contribution in [1.82, 2.24) is 10.2 Å². The van der Waals surface area contributed by atoms with Crippen molar-refractivity contribution in [3.8, 4) is 0 Å². The molecule has 1 aliphatic rings. The van der Waals surface area contributed by atoms with E-state index in [2.05, 4.69) is 37.9 Å². The Hall–Kier alpha value is -0.160. The zero-order valence-corrected chi connectivity index (χ0v) is 14.2. The molecule has 0 aromatic rings. The lowest BCUT2D eigenvalue weighted by molar-refractivity contribution is -0.0180. The van der Waals surface area contributed by atoms with Crippen LogP contribution in [0.3, 0.4) is 0 Å². The summed E-state index contributed by atoms with van der Waals surface area (Å²) >= 11 is 0.